The summed E-state index contributed by atoms with van der Waals surface area (Å²) in [6.45, 7) is 4.21. The Morgan fingerprint density at radius 3 is 2.59 bits per heavy atom. The van der Waals surface area contributed by atoms with E-state index in [0.717, 1.165) is 16.8 Å². The number of amides is 1. The smallest absolute Gasteiger partial charge is 0.267 e. The fraction of sp³-hybridized carbons (Fsp3) is 0.350. The summed E-state index contributed by atoms with van der Waals surface area (Å²) < 4.78 is 31.6. The van der Waals surface area contributed by atoms with Gasteiger partial charge in [-0.15, -0.1) is 0 Å². The summed E-state index contributed by atoms with van der Waals surface area (Å²) in [6.07, 6.45) is -0.0161. The molecule has 0 unspecified atom stereocenters. The van der Waals surface area contributed by atoms with E-state index in [4.69, 9.17) is 4.74 Å². The lowest BCUT2D eigenvalue weighted by molar-refractivity contribution is -0.124. The maximum Gasteiger partial charge on any atom is 0.267 e. The standard InChI is InChI=1S/C20H24N2O4S/c1-14-6-5-7-17(12-14)26-15(2)20(23)22-11-10-16-13-18(8-9-19(16)22)27(24,25)21(3)4/h5-9,12-13,15H,10-11H2,1-4H3/t15-/m1/s1. The predicted molar refractivity (Wildman–Crippen MR) is 105 cm³/mol. The van der Waals surface area contributed by atoms with Gasteiger partial charge in [-0.1, -0.05) is 12.1 Å². The molecule has 0 aliphatic carbocycles. The summed E-state index contributed by atoms with van der Waals surface area (Å²) in [5.41, 5.74) is 2.67. The third kappa shape index (κ3) is 3.84. The molecule has 1 aliphatic rings. The fourth-order valence-electron chi connectivity index (χ4n) is 3.14. The second-order valence-corrected chi connectivity index (χ2v) is 9.05. The molecule has 0 N–H and O–H groups in total. The van der Waals surface area contributed by atoms with Crippen molar-refractivity contribution in [2.75, 3.05) is 25.5 Å². The number of carbonyl (C=O) groups excluding carboxylic acids is 1. The first-order chi connectivity index (χ1) is 12.7. The van der Waals surface area contributed by atoms with E-state index in [-0.39, 0.29) is 10.8 Å². The number of carbonyl (C=O) groups is 1. The van der Waals surface area contributed by atoms with Crippen molar-refractivity contribution in [2.24, 2.45) is 0 Å². The number of ether oxygens (including phenoxy) is 1. The van der Waals surface area contributed by atoms with Gasteiger partial charge in [0, 0.05) is 26.3 Å². The second-order valence-electron chi connectivity index (χ2n) is 6.89. The van der Waals surface area contributed by atoms with Crippen LogP contribution >= 0.6 is 0 Å². The van der Waals surface area contributed by atoms with E-state index in [1.165, 1.54) is 18.4 Å². The number of benzene rings is 2. The molecule has 27 heavy (non-hydrogen) atoms. The first-order valence-electron chi connectivity index (χ1n) is 8.80. The van der Waals surface area contributed by atoms with Gasteiger partial charge in [0.05, 0.1) is 4.90 Å². The van der Waals surface area contributed by atoms with Crippen molar-refractivity contribution in [3.8, 4) is 5.75 Å². The topological polar surface area (TPSA) is 66.9 Å². The lowest BCUT2D eigenvalue weighted by Gasteiger charge is -2.23. The second kappa shape index (κ2) is 7.32. The molecule has 144 valence electrons. The normalized spacial score (nSPS) is 14.9. The predicted octanol–water partition coefficient (Wildman–Crippen LogP) is 2.60. The van der Waals surface area contributed by atoms with Gasteiger partial charge in [-0.3, -0.25) is 4.79 Å². The first kappa shape index (κ1) is 19.4. The highest BCUT2D eigenvalue weighted by Crippen LogP contribution is 2.31. The lowest BCUT2D eigenvalue weighted by Crippen LogP contribution is -2.39. The summed E-state index contributed by atoms with van der Waals surface area (Å²) >= 11 is 0. The third-order valence-corrected chi connectivity index (χ3v) is 6.45. The molecule has 7 heteroatoms. The molecule has 0 aromatic heterocycles. The number of sulfonamides is 1. The number of fused-ring (bicyclic) bond motifs is 1. The molecule has 0 spiro atoms. The Morgan fingerprint density at radius 1 is 1.19 bits per heavy atom. The van der Waals surface area contributed by atoms with Crippen LogP contribution in [0.4, 0.5) is 5.69 Å². The monoisotopic (exact) mass is 388 g/mol. The summed E-state index contributed by atoms with van der Waals surface area (Å²) in [5, 5.41) is 0. The number of anilines is 1. The summed E-state index contributed by atoms with van der Waals surface area (Å²) in [6, 6.07) is 12.5. The Labute approximate surface area is 160 Å². The molecule has 1 heterocycles. The highest BCUT2D eigenvalue weighted by Gasteiger charge is 2.30. The molecular formula is C20H24N2O4S. The van der Waals surface area contributed by atoms with Crippen LogP contribution in [0.15, 0.2) is 47.4 Å². The van der Waals surface area contributed by atoms with Crippen LogP contribution < -0.4 is 9.64 Å². The maximum atomic E-state index is 12.9. The van der Waals surface area contributed by atoms with E-state index in [1.807, 2.05) is 31.2 Å². The van der Waals surface area contributed by atoms with Gasteiger partial charge in [0.1, 0.15) is 5.75 Å². The van der Waals surface area contributed by atoms with Gasteiger partial charge in [-0.05, 0) is 61.7 Å². The molecule has 0 radical (unpaired) electrons. The summed E-state index contributed by atoms with van der Waals surface area (Å²) in [5.74, 6) is 0.515. The highest BCUT2D eigenvalue weighted by molar-refractivity contribution is 7.89. The fourth-order valence-corrected chi connectivity index (χ4v) is 4.09. The third-order valence-electron chi connectivity index (χ3n) is 4.64. The molecule has 1 amide bonds. The van der Waals surface area contributed by atoms with E-state index in [1.54, 1.807) is 30.0 Å². The SMILES string of the molecule is Cc1cccc(O[C@H](C)C(=O)N2CCc3cc(S(=O)(=O)N(C)C)ccc32)c1. The molecule has 3 rings (SSSR count). The highest BCUT2D eigenvalue weighted by atomic mass is 32.2. The molecule has 6 nitrogen and oxygen atoms in total. The van der Waals surface area contributed by atoms with Crippen molar-refractivity contribution >= 4 is 21.6 Å². The Morgan fingerprint density at radius 2 is 1.93 bits per heavy atom. The van der Waals surface area contributed by atoms with Gasteiger partial charge in [0.15, 0.2) is 6.10 Å². The zero-order chi connectivity index (χ0) is 19.8. The Hall–Kier alpha value is -2.38. The minimum absolute atomic E-state index is 0.140. The zero-order valence-corrected chi connectivity index (χ0v) is 16.8. The largest absolute Gasteiger partial charge is 0.481 e. The van der Waals surface area contributed by atoms with Crippen LogP contribution in [0.1, 0.15) is 18.1 Å². The number of hydrogen-bond donors (Lipinski definition) is 0. The molecule has 0 saturated carbocycles. The van der Waals surface area contributed by atoms with Crippen LogP contribution in [-0.2, 0) is 21.2 Å². The molecular weight excluding hydrogens is 364 g/mol. The number of rotatable bonds is 5. The van der Waals surface area contributed by atoms with Gasteiger partial charge < -0.3 is 9.64 Å². The van der Waals surface area contributed by atoms with Crippen LogP contribution in [0.2, 0.25) is 0 Å². The van der Waals surface area contributed by atoms with Crippen molar-refractivity contribution in [3.63, 3.8) is 0 Å². The average molecular weight is 388 g/mol. The van der Waals surface area contributed by atoms with Gasteiger partial charge in [0.2, 0.25) is 10.0 Å². The first-order valence-corrected chi connectivity index (χ1v) is 10.2. The van der Waals surface area contributed by atoms with E-state index >= 15 is 0 Å². The number of aryl methyl sites for hydroxylation is 1. The average Bonchev–Trinajstić information content (AvgIpc) is 3.04. The molecule has 1 aliphatic heterocycles. The van der Waals surface area contributed by atoms with Crippen LogP contribution in [-0.4, -0.2) is 45.4 Å². The van der Waals surface area contributed by atoms with Crippen molar-refractivity contribution in [2.45, 2.75) is 31.3 Å². The van der Waals surface area contributed by atoms with Gasteiger partial charge in [0.25, 0.3) is 5.91 Å². The molecule has 1 atom stereocenters. The van der Waals surface area contributed by atoms with E-state index in [9.17, 15) is 13.2 Å². The quantitative estimate of drug-likeness (QED) is 0.790. The van der Waals surface area contributed by atoms with Crippen molar-refractivity contribution in [1.82, 2.24) is 4.31 Å². The molecule has 2 aromatic rings. The van der Waals surface area contributed by atoms with Gasteiger partial charge in [-0.25, -0.2) is 12.7 Å². The molecule has 0 fully saturated rings. The van der Waals surface area contributed by atoms with Crippen LogP contribution in [0.3, 0.4) is 0 Å². The van der Waals surface area contributed by atoms with E-state index in [0.29, 0.717) is 18.7 Å². The van der Waals surface area contributed by atoms with Gasteiger partial charge >= 0.3 is 0 Å². The van der Waals surface area contributed by atoms with Crippen molar-refractivity contribution < 1.29 is 17.9 Å². The minimum Gasteiger partial charge on any atom is -0.481 e. The Kier molecular flexibility index (Phi) is 5.26. The van der Waals surface area contributed by atoms with E-state index < -0.39 is 16.1 Å². The number of hydrogen-bond acceptors (Lipinski definition) is 4. The van der Waals surface area contributed by atoms with Gasteiger partial charge in [-0.2, -0.15) is 0 Å². The maximum absolute atomic E-state index is 12.9. The Balaban J connectivity index is 1.80. The number of nitrogens with zero attached hydrogens (tertiary/aromatic N) is 2. The van der Waals surface area contributed by atoms with Crippen molar-refractivity contribution in [3.05, 3.63) is 53.6 Å². The van der Waals surface area contributed by atoms with Crippen molar-refractivity contribution in [1.29, 1.82) is 0 Å². The van der Waals surface area contributed by atoms with Crippen LogP contribution in [0.25, 0.3) is 0 Å². The van der Waals surface area contributed by atoms with E-state index in [2.05, 4.69) is 0 Å². The molecule has 2 aromatic carbocycles. The van der Waals surface area contributed by atoms with Crippen LogP contribution in [0, 0.1) is 6.92 Å². The minimum atomic E-state index is -3.49. The zero-order valence-electron chi connectivity index (χ0n) is 16.0. The summed E-state index contributed by atoms with van der Waals surface area (Å²) in [7, 11) is -0.487. The lowest BCUT2D eigenvalue weighted by atomic mass is 10.2. The van der Waals surface area contributed by atoms with Crippen LogP contribution in [0.5, 0.6) is 5.75 Å². The molecule has 0 saturated heterocycles. The summed E-state index contributed by atoms with van der Waals surface area (Å²) in [4.78, 5) is 14.8. The molecule has 0 bridgehead atoms. The Bertz CT molecular complexity index is 970.